The van der Waals surface area contributed by atoms with Crippen LogP contribution in [0.4, 0.5) is 0 Å². The number of hydrogen-bond acceptors (Lipinski definition) is 7. The second-order valence-corrected chi connectivity index (χ2v) is 8.98. The summed E-state index contributed by atoms with van der Waals surface area (Å²) >= 11 is 7.01. The van der Waals surface area contributed by atoms with Gasteiger partial charge in [0.25, 0.3) is 0 Å². The normalized spacial score (nSPS) is 14.2. The molecule has 150 valence electrons. The molecule has 1 aliphatic rings. The first kappa shape index (κ1) is 21.1. The van der Waals surface area contributed by atoms with Crippen LogP contribution in [0.3, 0.4) is 0 Å². The lowest BCUT2D eigenvalue weighted by atomic mass is 10.2. The average molecular weight is 449 g/mol. The maximum Gasteiger partial charge on any atom is 0.233 e. The maximum atomic E-state index is 13.2. The lowest BCUT2D eigenvalue weighted by Gasteiger charge is -2.26. The van der Waals surface area contributed by atoms with Crippen molar-refractivity contribution in [2.24, 2.45) is 0 Å². The Balaban J connectivity index is 2.12. The van der Waals surface area contributed by atoms with Crippen LogP contribution in [-0.4, -0.2) is 26.4 Å². The third kappa shape index (κ3) is 4.70. The molecule has 0 aliphatic carbocycles. The molecule has 0 unspecified atom stereocenters. The summed E-state index contributed by atoms with van der Waals surface area (Å²) in [5.74, 6) is 0.331. The third-order valence-electron chi connectivity index (χ3n) is 4.04. The summed E-state index contributed by atoms with van der Waals surface area (Å²) < 4.78 is 37.0. The summed E-state index contributed by atoms with van der Waals surface area (Å²) in [6, 6.07) is 17.0. The summed E-state index contributed by atoms with van der Waals surface area (Å²) in [6.45, 7) is 0.321. The molecular weight excluding hydrogens is 432 g/mol. The summed E-state index contributed by atoms with van der Waals surface area (Å²) in [5, 5.41) is 10.4. The lowest BCUT2D eigenvalue weighted by molar-refractivity contribution is 0.0556. The van der Waals surface area contributed by atoms with Crippen LogP contribution < -0.4 is 0 Å². The Labute approximate surface area is 178 Å². The molecule has 3 rings (SSSR count). The molecule has 0 bridgehead atoms. The summed E-state index contributed by atoms with van der Waals surface area (Å²) in [5.41, 5.74) is 0.914. The predicted octanol–water partition coefficient (Wildman–Crippen LogP) is 4.47. The molecule has 0 spiro atoms. The number of thioether (sulfide) groups is 1. The molecule has 0 atom stereocenters. The zero-order valence-electron chi connectivity index (χ0n) is 15.4. The molecule has 2 aromatic rings. The van der Waals surface area contributed by atoms with E-state index in [0.717, 1.165) is 17.3 Å². The van der Waals surface area contributed by atoms with Gasteiger partial charge in [0.15, 0.2) is 4.91 Å². The molecule has 2 aromatic carbocycles. The van der Waals surface area contributed by atoms with Gasteiger partial charge < -0.3 is 9.47 Å². The van der Waals surface area contributed by atoms with Gasteiger partial charge in [0.2, 0.25) is 22.5 Å². The lowest BCUT2D eigenvalue weighted by Crippen LogP contribution is -2.24. The number of nitrogens with zero attached hydrogens (tertiary/aromatic N) is 2. The summed E-state index contributed by atoms with van der Waals surface area (Å²) in [4.78, 5) is 1.24. The second kappa shape index (κ2) is 9.27. The number of rotatable bonds is 7. The van der Waals surface area contributed by atoms with Crippen LogP contribution >= 0.6 is 23.4 Å². The highest BCUT2D eigenvalue weighted by molar-refractivity contribution is 8.04. The maximum absolute atomic E-state index is 13.2. The topological polar surface area (TPSA) is 79.6 Å². The fourth-order valence-corrected chi connectivity index (χ4v) is 5.17. The number of sulfone groups is 1. The van der Waals surface area contributed by atoms with Crippen molar-refractivity contribution in [1.29, 1.82) is 5.26 Å². The van der Waals surface area contributed by atoms with Crippen molar-refractivity contribution in [3.63, 3.8) is 0 Å². The third-order valence-corrected chi connectivity index (χ3v) is 6.94. The number of benzene rings is 2. The highest BCUT2D eigenvalue weighted by Gasteiger charge is 2.30. The van der Waals surface area contributed by atoms with Crippen molar-refractivity contribution < 1.29 is 17.9 Å². The number of nitriles is 1. The molecule has 0 saturated carbocycles. The standard InChI is InChI=1S/C20H17ClN2O4S2/c1-28-20(18(11-22)29(24,25)17-9-7-16(21)8-10-17)23(19-13-26-14-27-19)12-15-5-3-2-4-6-15/h2-10,13H,12,14H2,1H3. The largest absolute Gasteiger partial charge is 0.459 e. The van der Waals surface area contributed by atoms with Gasteiger partial charge in [0, 0.05) is 5.02 Å². The fourth-order valence-electron chi connectivity index (χ4n) is 2.67. The van der Waals surface area contributed by atoms with Gasteiger partial charge in [-0.25, -0.2) is 8.42 Å². The quantitative estimate of drug-likeness (QED) is 0.578. The first-order chi connectivity index (χ1) is 14.0. The molecule has 0 fully saturated rings. The van der Waals surface area contributed by atoms with Crippen LogP contribution in [0, 0.1) is 11.3 Å². The predicted molar refractivity (Wildman–Crippen MR) is 112 cm³/mol. The monoisotopic (exact) mass is 448 g/mol. The fraction of sp³-hybridized carbons (Fsp3) is 0.150. The van der Waals surface area contributed by atoms with Crippen molar-refractivity contribution in [2.75, 3.05) is 13.0 Å². The molecule has 0 N–H and O–H groups in total. The number of halogens is 1. The van der Waals surface area contributed by atoms with Crippen molar-refractivity contribution in [1.82, 2.24) is 4.90 Å². The van der Waals surface area contributed by atoms with Gasteiger partial charge in [0.1, 0.15) is 17.4 Å². The first-order valence-electron chi connectivity index (χ1n) is 8.42. The number of ether oxygens (including phenoxy) is 2. The molecule has 29 heavy (non-hydrogen) atoms. The molecule has 6 nitrogen and oxygen atoms in total. The first-order valence-corrected chi connectivity index (χ1v) is 11.5. The van der Waals surface area contributed by atoms with Crippen LogP contribution in [0.5, 0.6) is 0 Å². The van der Waals surface area contributed by atoms with Crippen molar-refractivity contribution in [3.05, 3.63) is 87.3 Å². The minimum absolute atomic E-state index is 0.0118. The molecular formula is C20H17ClN2O4S2. The Morgan fingerprint density at radius 2 is 1.90 bits per heavy atom. The van der Waals surface area contributed by atoms with Gasteiger partial charge >= 0.3 is 0 Å². The average Bonchev–Trinajstić information content (AvgIpc) is 3.26. The van der Waals surface area contributed by atoms with Crippen molar-refractivity contribution in [2.45, 2.75) is 11.4 Å². The van der Waals surface area contributed by atoms with E-state index >= 15 is 0 Å². The van der Waals surface area contributed by atoms with E-state index in [1.165, 1.54) is 30.5 Å². The zero-order valence-corrected chi connectivity index (χ0v) is 17.8. The highest BCUT2D eigenvalue weighted by Crippen LogP contribution is 2.34. The van der Waals surface area contributed by atoms with E-state index in [-0.39, 0.29) is 21.6 Å². The van der Waals surface area contributed by atoms with Crippen LogP contribution in [0.25, 0.3) is 0 Å². The SMILES string of the molecule is CSC(=C(C#N)S(=O)(=O)c1ccc(Cl)cc1)N(Cc1ccccc1)C1=COCO1. The molecule has 0 aromatic heterocycles. The van der Waals surface area contributed by atoms with Gasteiger partial charge in [-0.2, -0.15) is 5.26 Å². The van der Waals surface area contributed by atoms with Crippen LogP contribution in [0.2, 0.25) is 5.02 Å². The Morgan fingerprint density at radius 3 is 2.45 bits per heavy atom. The smallest absolute Gasteiger partial charge is 0.233 e. The van der Waals surface area contributed by atoms with Crippen LogP contribution in [0.15, 0.2) is 81.6 Å². The van der Waals surface area contributed by atoms with E-state index in [2.05, 4.69) is 0 Å². The molecule has 0 saturated heterocycles. The van der Waals surface area contributed by atoms with E-state index in [4.69, 9.17) is 21.1 Å². The Bertz CT molecular complexity index is 1080. The van der Waals surface area contributed by atoms with Crippen molar-refractivity contribution >= 4 is 33.2 Å². The Hall–Kier alpha value is -2.60. The molecule has 9 heteroatoms. The van der Waals surface area contributed by atoms with Crippen LogP contribution in [-0.2, 0) is 25.9 Å². The van der Waals surface area contributed by atoms with Gasteiger partial charge in [-0.15, -0.1) is 11.8 Å². The van der Waals surface area contributed by atoms with E-state index in [0.29, 0.717) is 17.5 Å². The van der Waals surface area contributed by atoms with Crippen LogP contribution in [0.1, 0.15) is 5.56 Å². The molecule has 0 radical (unpaired) electrons. The number of allylic oxidation sites excluding steroid dienone is 1. The zero-order chi connectivity index (χ0) is 20.9. The minimum atomic E-state index is -4.07. The van der Waals surface area contributed by atoms with Gasteiger partial charge in [-0.3, -0.25) is 4.90 Å². The van der Waals surface area contributed by atoms with E-state index < -0.39 is 9.84 Å². The summed E-state index contributed by atoms with van der Waals surface area (Å²) in [7, 11) is -4.07. The minimum Gasteiger partial charge on any atom is -0.459 e. The van der Waals surface area contributed by atoms with E-state index in [1.54, 1.807) is 11.2 Å². The molecule has 1 aliphatic heterocycles. The Morgan fingerprint density at radius 1 is 1.21 bits per heavy atom. The van der Waals surface area contributed by atoms with E-state index in [1.807, 2.05) is 36.4 Å². The number of hydrogen-bond donors (Lipinski definition) is 0. The van der Waals surface area contributed by atoms with Gasteiger partial charge in [0.05, 0.1) is 11.4 Å². The van der Waals surface area contributed by atoms with Gasteiger partial charge in [-0.05, 0) is 36.1 Å². The highest BCUT2D eigenvalue weighted by atomic mass is 35.5. The molecule has 1 heterocycles. The van der Waals surface area contributed by atoms with Gasteiger partial charge in [-0.1, -0.05) is 41.9 Å². The van der Waals surface area contributed by atoms with E-state index in [9.17, 15) is 13.7 Å². The molecule has 0 amide bonds. The second-order valence-electron chi connectivity index (χ2n) is 5.86. The van der Waals surface area contributed by atoms with Crippen molar-refractivity contribution in [3.8, 4) is 6.07 Å². The summed E-state index contributed by atoms with van der Waals surface area (Å²) in [6.07, 6.45) is 3.11. The Kier molecular flexibility index (Phi) is 6.75.